The number of carbonyl (C=O) groups is 1. The highest BCUT2D eigenvalue weighted by molar-refractivity contribution is 8.13. The number of halogens is 1. The Bertz CT molecular complexity index is 605. The summed E-state index contributed by atoms with van der Waals surface area (Å²) in [5.74, 6) is 0.231. The van der Waals surface area contributed by atoms with Crippen molar-refractivity contribution in [2.45, 2.75) is 45.1 Å². The average molecular weight is 334 g/mol. The van der Waals surface area contributed by atoms with Crippen molar-refractivity contribution in [1.29, 1.82) is 0 Å². The number of ether oxygens (including phenoxy) is 1. The van der Waals surface area contributed by atoms with E-state index in [9.17, 15) is 13.2 Å². The molecule has 1 N–H and O–H groups in total. The van der Waals surface area contributed by atoms with Gasteiger partial charge in [0.15, 0.2) is 6.10 Å². The van der Waals surface area contributed by atoms with Gasteiger partial charge in [0.05, 0.1) is 4.90 Å². The zero-order chi connectivity index (χ0) is 16.2. The minimum atomic E-state index is -3.80. The monoisotopic (exact) mass is 333 g/mol. The van der Waals surface area contributed by atoms with Gasteiger partial charge in [-0.3, -0.25) is 4.79 Å². The molecule has 0 heterocycles. The molecule has 1 amide bonds. The molecule has 0 radical (unpaired) electrons. The first kappa shape index (κ1) is 17.8. The second kappa shape index (κ2) is 7.13. The van der Waals surface area contributed by atoms with Crippen LogP contribution in [0.15, 0.2) is 17.0 Å². The third-order valence-electron chi connectivity index (χ3n) is 2.91. The number of carbonyl (C=O) groups excluding carboxylic acids is 1. The summed E-state index contributed by atoms with van der Waals surface area (Å²) in [6.45, 7) is 7.47. The van der Waals surface area contributed by atoms with Crippen LogP contribution in [0.4, 0.5) is 0 Å². The molecule has 0 aliphatic heterocycles. The third kappa shape index (κ3) is 4.89. The smallest absolute Gasteiger partial charge is 0.261 e. The highest BCUT2D eigenvalue weighted by atomic mass is 35.7. The summed E-state index contributed by atoms with van der Waals surface area (Å²) in [6.07, 6.45) is 0.188. The number of hydrogen-bond donors (Lipinski definition) is 1. The van der Waals surface area contributed by atoms with Crippen LogP contribution in [0.25, 0.3) is 0 Å². The Kier molecular flexibility index (Phi) is 6.04. The lowest BCUT2D eigenvalue weighted by Gasteiger charge is -2.16. The van der Waals surface area contributed by atoms with E-state index in [4.69, 9.17) is 15.4 Å². The molecule has 0 spiro atoms. The first-order chi connectivity index (χ1) is 9.66. The van der Waals surface area contributed by atoms with Gasteiger partial charge < -0.3 is 10.1 Å². The van der Waals surface area contributed by atoms with Crippen LogP contribution in [0, 0.1) is 13.8 Å². The minimum absolute atomic E-state index is 0.0830. The van der Waals surface area contributed by atoms with Crippen LogP contribution < -0.4 is 10.1 Å². The van der Waals surface area contributed by atoms with Gasteiger partial charge in [0.2, 0.25) is 0 Å². The number of rotatable bonds is 6. The molecule has 1 aromatic rings. The van der Waals surface area contributed by atoms with Gasteiger partial charge in [0.1, 0.15) is 5.75 Å². The molecule has 0 saturated heterocycles. The van der Waals surface area contributed by atoms with Crippen LogP contribution in [-0.2, 0) is 13.8 Å². The first-order valence-electron chi connectivity index (χ1n) is 6.67. The lowest BCUT2D eigenvalue weighted by atomic mass is 10.1. The van der Waals surface area contributed by atoms with Gasteiger partial charge in [0.25, 0.3) is 15.0 Å². The van der Waals surface area contributed by atoms with Crippen LogP contribution in [0.1, 0.15) is 31.4 Å². The highest BCUT2D eigenvalue weighted by Crippen LogP contribution is 2.28. The van der Waals surface area contributed by atoms with Crippen LogP contribution >= 0.6 is 10.7 Å². The number of nitrogens with one attached hydrogen (secondary N) is 1. The molecule has 118 valence electrons. The van der Waals surface area contributed by atoms with Crippen LogP contribution in [0.2, 0.25) is 0 Å². The second-order valence-electron chi connectivity index (χ2n) is 4.88. The van der Waals surface area contributed by atoms with Crippen molar-refractivity contribution in [2.75, 3.05) is 6.54 Å². The fourth-order valence-electron chi connectivity index (χ4n) is 2.01. The maximum atomic E-state index is 11.7. The zero-order valence-corrected chi connectivity index (χ0v) is 14.1. The Morgan fingerprint density at radius 2 is 1.86 bits per heavy atom. The van der Waals surface area contributed by atoms with E-state index < -0.39 is 15.2 Å². The number of amides is 1. The molecule has 1 atom stereocenters. The van der Waals surface area contributed by atoms with Gasteiger partial charge in [-0.25, -0.2) is 8.42 Å². The predicted octanol–water partition coefficient (Wildman–Crippen LogP) is 2.52. The van der Waals surface area contributed by atoms with Gasteiger partial charge in [-0.2, -0.15) is 0 Å². The minimum Gasteiger partial charge on any atom is -0.481 e. The van der Waals surface area contributed by atoms with Crippen molar-refractivity contribution in [1.82, 2.24) is 5.32 Å². The molecule has 0 aliphatic carbocycles. The van der Waals surface area contributed by atoms with E-state index in [1.165, 1.54) is 0 Å². The lowest BCUT2D eigenvalue weighted by molar-refractivity contribution is -0.127. The molecular formula is C14H20ClNO4S. The summed E-state index contributed by atoms with van der Waals surface area (Å²) >= 11 is 0. The SMILES string of the molecule is CCCNC(=O)C(C)Oc1cc(C)c(S(=O)(=O)Cl)c(C)c1. The van der Waals surface area contributed by atoms with Gasteiger partial charge in [-0.15, -0.1) is 0 Å². The molecule has 0 saturated carbocycles. The molecule has 21 heavy (non-hydrogen) atoms. The van der Waals surface area contributed by atoms with Crippen molar-refractivity contribution < 1.29 is 17.9 Å². The van der Waals surface area contributed by atoms with Crippen LogP contribution in [0.3, 0.4) is 0 Å². The fraction of sp³-hybridized carbons (Fsp3) is 0.500. The molecule has 0 fully saturated rings. The Morgan fingerprint density at radius 1 is 1.33 bits per heavy atom. The largest absolute Gasteiger partial charge is 0.481 e. The van der Waals surface area contributed by atoms with Crippen molar-refractivity contribution >= 4 is 25.6 Å². The van der Waals surface area contributed by atoms with Crippen molar-refractivity contribution in [3.63, 3.8) is 0 Å². The fourth-order valence-corrected chi connectivity index (χ4v) is 3.63. The topological polar surface area (TPSA) is 72.5 Å². The molecule has 0 bridgehead atoms. The van der Waals surface area contributed by atoms with E-state index >= 15 is 0 Å². The summed E-state index contributed by atoms with van der Waals surface area (Å²) in [6, 6.07) is 3.12. The van der Waals surface area contributed by atoms with Gasteiger partial charge in [-0.1, -0.05) is 6.92 Å². The summed E-state index contributed by atoms with van der Waals surface area (Å²) in [5.41, 5.74) is 0.974. The Hall–Kier alpha value is -1.27. The summed E-state index contributed by atoms with van der Waals surface area (Å²) in [5, 5.41) is 2.74. The Morgan fingerprint density at radius 3 is 2.29 bits per heavy atom. The highest BCUT2D eigenvalue weighted by Gasteiger charge is 2.19. The quantitative estimate of drug-likeness (QED) is 0.812. The number of aryl methyl sites for hydroxylation is 2. The molecule has 7 heteroatoms. The van der Waals surface area contributed by atoms with Crippen molar-refractivity contribution in [2.24, 2.45) is 0 Å². The standard InChI is InChI=1S/C14H20ClNO4S/c1-5-6-16-14(17)11(4)20-12-7-9(2)13(10(3)8-12)21(15,18)19/h7-8,11H,5-6H2,1-4H3,(H,16,17). The Labute approximate surface area is 130 Å². The van der Waals surface area contributed by atoms with E-state index in [1.54, 1.807) is 32.9 Å². The number of hydrogen-bond acceptors (Lipinski definition) is 4. The third-order valence-corrected chi connectivity index (χ3v) is 4.50. The molecule has 5 nitrogen and oxygen atoms in total. The van der Waals surface area contributed by atoms with E-state index in [0.717, 1.165) is 6.42 Å². The van der Waals surface area contributed by atoms with Crippen molar-refractivity contribution in [3.05, 3.63) is 23.3 Å². The normalized spacial score (nSPS) is 12.8. The first-order valence-corrected chi connectivity index (χ1v) is 8.98. The maximum Gasteiger partial charge on any atom is 0.261 e. The average Bonchev–Trinajstić information content (AvgIpc) is 2.32. The predicted molar refractivity (Wildman–Crippen MR) is 82.3 cm³/mol. The summed E-state index contributed by atoms with van der Waals surface area (Å²) in [4.78, 5) is 11.8. The molecule has 1 unspecified atom stereocenters. The maximum absolute atomic E-state index is 11.7. The molecule has 1 aromatic carbocycles. The van der Waals surface area contributed by atoms with Crippen LogP contribution in [0.5, 0.6) is 5.75 Å². The van der Waals surface area contributed by atoms with Crippen LogP contribution in [-0.4, -0.2) is 27.0 Å². The van der Waals surface area contributed by atoms with Gasteiger partial charge >= 0.3 is 0 Å². The van der Waals surface area contributed by atoms with Gasteiger partial charge in [0, 0.05) is 17.2 Å². The Balaban J connectivity index is 2.94. The summed E-state index contributed by atoms with van der Waals surface area (Å²) < 4.78 is 28.5. The van der Waals surface area contributed by atoms with E-state index in [1.807, 2.05) is 6.92 Å². The van der Waals surface area contributed by atoms with E-state index in [2.05, 4.69) is 5.32 Å². The molecule has 0 aliphatic rings. The lowest BCUT2D eigenvalue weighted by Crippen LogP contribution is -2.36. The zero-order valence-electron chi connectivity index (χ0n) is 12.6. The molecule has 0 aromatic heterocycles. The summed E-state index contributed by atoms with van der Waals surface area (Å²) in [7, 11) is 1.60. The second-order valence-corrected chi connectivity index (χ2v) is 7.38. The molecular weight excluding hydrogens is 314 g/mol. The van der Waals surface area contributed by atoms with E-state index in [-0.39, 0.29) is 10.8 Å². The number of benzene rings is 1. The van der Waals surface area contributed by atoms with Crippen molar-refractivity contribution in [3.8, 4) is 5.75 Å². The van der Waals surface area contributed by atoms with E-state index in [0.29, 0.717) is 23.4 Å². The molecule has 1 rings (SSSR count). The van der Waals surface area contributed by atoms with Gasteiger partial charge in [-0.05, 0) is 50.5 Å².